The maximum atomic E-state index is 9.86. The highest BCUT2D eigenvalue weighted by Gasteiger charge is 2.61. The van der Waals surface area contributed by atoms with Crippen LogP contribution in [-0.2, 0) is 4.74 Å². The van der Waals surface area contributed by atoms with Gasteiger partial charge in [-0.05, 0) is 117 Å². The zero-order chi connectivity index (χ0) is 17.9. The van der Waals surface area contributed by atoms with Crippen LogP contribution in [0, 0.1) is 40.4 Å². The smallest absolute Gasteiger partial charge is 0.0524 e. The Morgan fingerprint density at radius 1 is 1.00 bits per heavy atom. The highest BCUT2D eigenvalue weighted by molar-refractivity contribution is 7.95. The van der Waals surface area contributed by atoms with Crippen molar-refractivity contribution in [2.45, 2.75) is 83.3 Å². The van der Waals surface area contributed by atoms with Crippen molar-refractivity contribution in [1.82, 2.24) is 0 Å². The van der Waals surface area contributed by atoms with Crippen LogP contribution in [0.4, 0.5) is 0 Å². The minimum absolute atomic E-state index is 0.0692. The second-order valence-electron chi connectivity index (χ2n) is 10.6. The quantitative estimate of drug-likeness (QED) is 0.598. The SMILES string of the molecule is COC[C@]12CCC(C)(SO)C[C@H]1CC[C@@H]1[C@@H]2CC[C@]2(C)C(C)CC[C@@H]12. The minimum Gasteiger partial charge on any atom is -0.384 e. The maximum Gasteiger partial charge on any atom is 0.0524 e. The number of rotatable bonds is 3. The van der Waals surface area contributed by atoms with E-state index < -0.39 is 0 Å². The fraction of sp³-hybridized carbons (Fsp3) is 1.00. The van der Waals surface area contributed by atoms with E-state index in [4.69, 9.17) is 4.74 Å². The van der Waals surface area contributed by atoms with Crippen molar-refractivity contribution < 1.29 is 9.29 Å². The van der Waals surface area contributed by atoms with E-state index in [-0.39, 0.29) is 4.75 Å². The highest BCUT2D eigenvalue weighted by Crippen LogP contribution is 2.68. The lowest BCUT2D eigenvalue weighted by molar-refractivity contribution is -0.147. The summed E-state index contributed by atoms with van der Waals surface area (Å²) in [6.07, 6.45) is 12.2. The summed E-state index contributed by atoms with van der Waals surface area (Å²) in [6, 6.07) is 0. The average Bonchev–Trinajstić information content (AvgIpc) is 2.91. The number of methoxy groups -OCH3 is 1. The Morgan fingerprint density at radius 2 is 1.80 bits per heavy atom. The van der Waals surface area contributed by atoms with Crippen LogP contribution in [0.1, 0.15) is 78.6 Å². The molecule has 0 heterocycles. The molecule has 1 N–H and O–H groups in total. The van der Waals surface area contributed by atoms with E-state index in [0.29, 0.717) is 10.8 Å². The zero-order valence-corrected chi connectivity index (χ0v) is 17.5. The van der Waals surface area contributed by atoms with E-state index in [9.17, 15) is 4.55 Å². The molecule has 4 aliphatic rings. The Bertz CT molecular complexity index is 510. The van der Waals surface area contributed by atoms with Gasteiger partial charge in [-0.15, -0.1) is 0 Å². The third-order valence-electron chi connectivity index (χ3n) is 9.74. The molecule has 2 unspecified atom stereocenters. The summed E-state index contributed by atoms with van der Waals surface area (Å²) in [5.74, 6) is 4.41. The fourth-order valence-corrected chi connectivity index (χ4v) is 8.58. The van der Waals surface area contributed by atoms with Gasteiger partial charge in [-0.1, -0.05) is 13.8 Å². The summed E-state index contributed by atoms with van der Waals surface area (Å²) >= 11 is 1.12. The Labute approximate surface area is 159 Å². The molecule has 4 rings (SSSR count). The molecule has 4 fully saturated rings. The third-order valence-corrected chi connectivity index (χ3v) is 10.6. The molecule has 0 aromatic carbocycles. The monoisotopic (exact) mass is 366 g/mol. The second kappa shape index (κ2) is 6.41. The lowest BCUT2D eigenvalue weighted by Crippen LogP contribution is -2.57. The molecule has 0 aromatic heterocycles. The standard InChI is InChI=1S/C22H38O2S/c1-15-5-8-18-17-7-6-16-13-20(2,25-23)11-12-22(16,14-24-4)19(17)9-10-21(15,18)3/h15-19,23H,5-14H2,1-4H3/t15?,16-,17+,18+,19+,20?,21-,22-/m1/s1. The summed E-state index contributed by atoms with van der Waals surface area (Å²) in [7, 11) is 1.91. The van der Waals surface area contributed by atoms with Gasteiger partial charge in [-0.2, -0.15) is 0 Å². The molecule has 0 radical (unpaired) electrons. The minimum atomic E-state index is 0.0692. The number of hydrogen-bond donors (Lipinski definition) is 1. The normalized spacial score (nSPS) is 55.3. The van der Waals surface area contributed by atoms with Crippen LogP contribution in [0.25, 0.3) is 0 Å². The first-order valence-corrected chi connectivity index (χ1v) is 11.5. The summed E-state index contributed by atoms with van der Waals surface area (Å²) in [5.41, 5.74) is 0.993. The maximum absolute atomic E-state index is 9.86. The van der Waals surface area contributed by atoms with Crippen molar-refractivity contribution in [1.29, 1.82) is 0 Å². The molecule has 0 amide bonds. The predicted octanol–water partition coefficient (Wildman–Crippen LogP) is 6.26. The van der Waals surface area contributed by atoms with Gasteiger partial charge < -0.3 is 9.29 Å². The van der Waals surface area contributed by atoms with E-state index in [1.54, 1.807) is 0 Å². The number of hydrogen-bond acceptors (Lipinski definition) is 3. The second-order valence-corrected chi connectivity index (χ2v) is 11.8. The zero-order valence-electron chi connectivity index (χ0n) is 16.7. The van der Waals surface area contributed by atoms with Crippen molar-refractivity contribution in [3.63, 3.8) is 0 Å². The first kappa shape index (κ1) is 18.6. The van der Waals surface area contributed by atoms with Gasteiger partial charge in [0, 0.05) is 11.9 Å². The van der Waals surface area contributed by atoms with E-state index in [1.165, 1.54) is 51.4 Å². The van der Waals surface area contributed by atoms with Gasteiger partial charge in [0.2, 0.25) is 0 Å². The summed E-state index contributed by atoms with van der Waals surface area (Å²) < 4.78 is 15.8. The van der Waals surface area contributed by atoms with Crippen LogP contribution in [0.5, 0.6) is 0 Å². The lowest BCUT2D eigenvalue weighted by Gasteiger charge is -2.62. The van der Waals surface area contributed by atoms with Gasteiger partial charge in [0.1, 0.15) is 0 Å². The van der Waals surface area contributed by atoms with Crippen molar-refractivity contribution >= 4 is 12.0 Å². The largest absolute Gasteiger partial charge is 0.384 e. The Kier molecular flexibility index (Phi) is 4.78. The topological polar surface area (TPSA) is 29.5 Å². The van der Waals surface area contributed by atoms with Crippen molar-refractivity contribution in [3.8, 4) is 0 Å². The molecule has 0 aromatic rings. The fourth-order valence-electron chi connectivity index (χ4n) is 8.11. The van der Waals surface area contributed by atoms with Crippen LogP contribution in [0.15, 0.2) is 0 Å². The molecule has 0 spiro atoms. The molecule has 0 aliphatic heterocycles. The van der Waals surface area contributed by atoms with Gasteiger partial charge in [0.25, 0.3) is 0 Å². The predicted molar refractivity (Wildman–Crippen MR) is 106 cm³/mol. The number of fused-ring (bicyclic) bond motifs is 5. The first-order chi connectivity index (χ1) is 11.9. The Balaban J connectivity index is 1.64. The summed E-state index contributed by atoms with van der Waals surface area (Å²) in [4.78, 5) is 0. The molecular formula is C22H38O2S. The van der Waals surface area contributed by atoms with Gasteiger partial charge in [-0.3, -0.25) is 0 Å². The Hall–Kier alpha value is 0.270. The van der Waals surface area contributed by atoms with E-state index in [1.807, 2.05) is 7.11 Å². The van der Waals surface area contributed by atoms with Crippen LogP contribution in [-0.4, -0.2) is 23.0 Å². The van der Waals surface area contributed by atoms with Crippen LogP contribution in [0.2, 0.25) is 0 Å². The van der Waals surface area contributed by atoms with E-state index >= 15 is 0 Å². The van der Waals surface area contributed by atoms with Crippen LogP contribution in [0.3, 0.4) is 0 Å². The molecule has 8 atom stereocenters. The van der Waals surface area contributed by atoms with Gasteiger partial charge in [0.15, 0.2) is 0 Å². The van der Waals surface area contributed by atoms with Gasteiger partial charge >= 0.3 is 0 Å². The molecule has 0 saturated heterocycles. The van der Waals surface area contributed by atoms with E-state index in [0.717, 1.165) is 54.7 Å². The average molecular weight is 367 g/mol. The lowest BCUT2D eigenvalue weighted by atomic mass is 9.44. The molecule has 3 heteroatoms. The Morgan fingerprint density at radius 3 is 2.52 bits per heavy atom. The molecule has 144 valence electrons. The van der Waals surface area contributed by atoms with E-state index in [2.05, 4.69) is 20.8 Å². The van der Waals surface area contributed by atoms with Gasteiger partial charge in [-0.25, -0.2) is 0 Å². The van der Waals surface area contributed by atoms with Crippen molar-refractivity contribution in [2.24, 2.45) is 40.4 Å². The summed E-state index contributed by atoms with van der Waals surface area (Å²) in [5, 5.41) is 0. The number of ether oxygens (including phenoxy) is 1. The molecule has 4 aliphatic carbocycles. The summed E-state index contributed by atoms with van der Waals surface area (Å²) in [6.45, 7) is 8.35. The van der Waals surface area contributed by atoms with Crippen molar-refractivity contribution in [3.05, 3.63) is 0 Å². The van der Waals surface area contributed by atoms with Gasteiger partial charge in [0.05, 0.1) is 6.61 Å². The van der Waals surface area contributed by atoms with Crippen LogP contribution < -0.4 is 0 Å². The molecular weight excluding hydrogens is 328 g/mol. The molecule has 2 nitrogen and oxygen atoms in total. The highest BCUT2D eigenvalue weighted by atomic mass is 32.2. The van der Waals surface area contributed by atoms with Crippen molar-refractivity contribution in [2.75, 3.05) is 13.7 Å². The molecule has 4 saturated carbocycles. The third kappa shape index (κ3) is 2.66. The van der Waals surface area contributed by atoms with Crippen LogP contribution >= 0.6 is 12.0 Å². The molecule has 25 heavy (non-hydrogen) atoms. The first-order valence-electron chi connectivity index (χ1n) is 10.7. The molecule has 0 bridgehead atoms.